The van der Waals surface area contributed by atoms with Crippen molar-refractivity contribution in [3.05, 3.63) is 21.6 Å². The van der Waals surface area contributed by atoms with Crippen molar-refractivity contribution in [2.45, 2.75) is 17.9 Å². The van der Waals surface area contributed by atoms with Crippen LogP contribution in [0.4, 0.5) is 5.69 Å². The maximum Gasteiger partial charge on any atom is 0.242 e. The van der Waals surface area contributed by atoms with Crippen LogP contribution in [0.25, 0.3) is 0 Å². The lowest BCUT2D eigenvalue weighted by atomic mass is 10.3. The molecule has 108 valence electrons. The third kappa shape index (κ3) is 4.71. The number of hydrogen-bond donors (Lipinski definition) is 2. The van der Waals surface area contributed by atoms with Crippen molar-refractivity contribution in [1.29, 1.82) is 0 Å². The molecule has 2 atom stereocenters. The normalized spacial score (nSPS) is 15.2. The first kappa shape index (κ1) is 16.9. The van der Waals surface area contributed by atoms with Crippen LogP contribution in [0.5, 0.6) is 0 Å². The molecule has 0 bridgehead atoms. The van der Waals surface area contributed by atoms with Crippen molar-refractivity contribution < 1.29 is 12.6 Å². The first-order valence-electron chi connectivity index (χ1n) is 5.20. The highest BCUT2D eigenvalue weighted by molar-refractivity contribution is 9.10. The van der Waals surface area contributed by atoms with Gasteiger partial charge in [0.25, 0.3) is 0 Å². The second-order valence-electron chi connectivity index (χ2n) is 4.07. The van der Waals surface area contributed by atoms with Crippen LogP contribution in [0.2, 0.25) is 5.02 Å². The van der Waals surface area contributed by atoms with Gasteiger partial charge in [0.1, 0.15) is 0 Å². The molecule has 1 aromatic rings. The predicted octanol–water partition coefficient (Wildman–Crippen LogP) is 1.73. The topological polar surface area (TPSA) is 89.3 Å². The minimum absolute atomic E-state index is 0.0359. The third-order valence-corrected chi connectivity index (χ3v) is 6.11. The van der Waals surface area contributed by atoms with Crippen LogP contribution in [0.3, 0.4) is 0 Å². The Morgan fingerprint density at radius 1 is 1.53 bits per heavy atom. The summed E-state index contributed by atoms with van der Waals surface area (Å²) in [6.07, 6.45) is 1.51. The van der Waals surface area contributed by atoms with Gasteiger partial charge in [0.2, 0.25) is 10.0 Å². The van der Waals surface area contributed by atoms with Gasteiger partial charge in [0, 0.05) is 39.6 Å². The van der Waals surface area contributed by atoms with Crippen molar-refractivity contribution in [1.82, 2.24) is 4.72 Å². The molecule has 0 aromatic heterocycles. The zero-order chi connectivity index (χ0) is 14.8. The van der Waals surface area contributed by atoms with E-state index < -0.39 is 26.9 Å². The average molecular weight is 390 g/mol. The summed E-state index contributed by atoms with van der Waals surface area (Å²) >= 11 is 8.94. The first-order chi connectivity index (χ1) is 8.63. The second kappa shape index (κ2) is 6.53. The van der Waals surface area contributed by atoms with E-state index in [0.29, 0.717) is 0 Å². The average Bonchev–Trinajstić information content (AvgIpc) is 2.20. The largest absolute Gasteiger partial charge is 0.398 e. The van der Waals surface area contributed by atoms with Crippen molar-refractivity contribution in [3.8, 4) is 0 Å². The summed E-state index contributed by atoms with van der Waals surface area (Å²) in [5.74, 6) is 0.229. The lowest BCUT2D eigenvalue weighted by molar-refractivity contribution is 0.569. The van der Waals surface area contributed by atoms with E-state index in [1.807, 2.05) is 0 Å². The van der Waals surface area contributed by atoms with Crippen LogP contribution in [-0.4, -0.2) is 30.7 Å². The monoisotopic (exact) mass is 388 g/mol. The molecular weight excluding hydrogens is 376 g/mol. The fraction of sp³-hybridized carbons (Fsp3) is 0.400. The molecule has 3 N–H and O–H groups in total. The minimum Gasteiger partial charge on any atom is -0.398 e. The molecule has 9 heteroatoms. The number of nitrogen functional groups attached to an aromatic ring is 1. The zero-order valence-electron chi connectivity index (χ0n) is 10.3. The molecule has 0 heterocycles. The smallest absolute Gasteiger partial charge is 0.242 e. The lowest BCUT2D eigenvalue weighted by Crippen LogP contribution is -2.36. The number of nitrogens with one attached hydrogen (secondary N) is 1. The maximum atomic E-state index is 12.2. The summed E-state index contributed by atoms with van der Waals surface area (Å²) in [5.41, 5.74) is 5.89. The molecule has 2 unspecified atom stereocenters. The van der Waals surface area contributed by atoms with Gasteiger partial charge in [0.05, 0.1) is 9.37 Å². The Morgan fingerprint density at radius 3 is 2.63 bits per heavy atom. The minimum atomic E-state index is -3.78. The Kier molecular flexibility index (Phi) is 5.81. The molecular formula is C10H14BrClN2O3S2. The highest BCUT2D eigenvalue weighted by Gasteiger charge is 2.22. The summed E-state index contributed by atoms with van der Waals surface area (Å²) in [7, 11) is -4.87. The first-order valence-corrected chi connectivity index (χ1v) is 9.58. The van der Waals surface area contributed by atoms with E-state index in [9.17, 15) is 12.6 Å². The fourth-order valence-corrected chi connectivity index (χ4v) is 4.92. The molecule has 0 amide bonds. The van der Waals surface area contributed by atoms with Gasteiger partial charge < -0.3 is 5.73 Å². The molecule has 19 heavy (non-hydrogen) atoms. The van der Waals surface area contributed by atoms with Gasteiger partial charge in [-0.3, -0.25) is 4.21 Å². The van der Waals surface area contributed by atoms with Crippen molar-refractivity contribution in [3.63, 3.8) is 0 Å². The van der Waals surface area contributed by atoms with E-state index in [-0.39, 0.29) is 25.8 Å². The second-order valence-corrected chi connectivity index (χ2v) is 8.46. The third-order valence-electron chi connectivity index (χ3n) is 2.16. The predicted molar refractivity (Wildman–Crippen MR) is 82.3 cm³/mol. The standard InChI is InChI=1S/C10H14BrClN2O3S2/c1-6(5-18(2)15)14-19(16,17)9-4-7(12)3-8(13)10(9)11/h3-4,6,14H,5,13H2,1-2H3. The van der Waals surface area contributed by atoms with E-state index in [0.717, 1.165) is 0 Å². The molecule has 1 rings (SSSR count). The number of nitrogens with two attached hydrogens (primary N) is 1. The van der Waals surface area contributed by atoms with E-state index in [2.05, 4.69) is 20.7 Å². The molecule has 0 saturated heterocycles. The number of halogens is 2. The van der Waals surface area contributed by atoms with Crippen LogP contribution in [0, 0.1) is 0 Å². The van der Waals surface area contributed by atoms with Crippen LogP contribution in [0.15, 0.2) is 21.5 Å². The quantitative estimate of drug-likeness (QED) is 0.751. The van der Waals surface area contributed by atoms with Gasteiger partial charge in [-0.15, -0.1) is 0 Å². The van der Waals surface area contributed by atoms with Gasteiger partial charge in [-0.25, -0.2) is 13.1 Å². The van der Waals surface area contributed by atoms with Crippen molar-refractivity contribution in [2.75, 3.05) is 17.7 Å². The molecule has 0 fully saturated rings. The zero-order valence-corrected chi connectivity index (χ0v) is 14.3. The van der Waals surface area contributed by atoms with Gasteiger partial charge in [-0.2, -0.15) is 0 Å². The van der Waals surface area contributed by atoms with Gasteiger partial charge in [-0.1, -0.05) is 11.6 Å². The lowest BCUT2D eigenvalue weighted by Gasteiger charge is -2.15. The van der Waals surface area contributed by atoms with Gasteiger partial charge in [0.15, 0.2) is 0 Å². The van der Waals surface area contributed by atoms with Crippen LogP contribution < -0.4 is 10.5 Å². The van der Waals surface area contributed by atoms with Crippen molar-refractivity contribution >= 4 is 54.0 Å². The number of benzene rings is 1. The SMILES string of the molecule is CC(CS(C)=O)NS(=O)(=O)c1cc(Cl)cc(N)c1Br. The van der Waals surface area contributed by atoms with E-state index in [1.165, 1.54) is 18.4 Å². The molecule has 0 spiro atoms. The Labute approximate surface area is 128 Å². The fourth-order valence-electron chi connectivity index (χ4n) is 1.49. The molecule has 0 radical (unpaired) electrons. The Bertz CT molecular complexity index is 607. The number of rotatable bonds is 5. The molecule has 0 saturated carbocycles. The maximum absolute atomic E-state index is 12.2. The number of anilines is 1. The van der Waals surface area contributed by atoms with Crippen LogP contribution in [-0.2, 0) is 20.8 Å². The molecule has 0 aliphatic rings. The van der Waals surface area contributed by atoms with Gasteiger partial charge in [-0.05, 0) is 35.0 Å². The summed E-state index contributed by atoms with van der Waals surface area (Å²) in [6, 6.07) is 2.30. The highest BCUT2D eigenvalue weighted by Crippen LogP contribution is 2.31. The molecule has 1 aromatic carbocycles. The number of sulfonamides is 1. The Morgan fingerprint density at radius 2 is 2.11 bits per heavy atom. The summed E-state index contributed by atoms with van der Waals surface area (Å²) in [5, 5.41) is 0.229. The summed E-state index contributed by atoms with van der Waals surface area (Å²) in [6.45, 7) is 1.64. The van der Waals surface area contributed by atoms with Crippen molar-refractivity contribution in [2.24, 2.45) is 0 Å². The van der Waals surface area contributed by atoms with Crippen LogP contribution in [0.1, 0.15) is 6.92 Å². The van der Waals surface area contributed by atoms with E-state index in [4.69, 9.17) is 17.3 Å². The molecule has 5 nitrogen and oxygen atoms in total. The van der Waals surface area contributed by atoms with E-state index in [1.54, 1.807) is 6.92 Å². The van der Waals surface area contributed by atoms with E-state index >= 15 is 0 Å². The molecule has 0 aliphatic carbocycles. The number of hydrogen-bond acceptors (Lipinski definition) is 4. The Balaban J connectivity index is 3.11. The van der Waals surface area contributed by atoms with Crippen LogP contribution >= 0.6 is 27.5 Å². The van der Waals surface area contributed by atoms with Gasteiger partial charge >= 0.3 is 0 Å². The Hall–Kier alpha value is -0.150. The highest BCUT2D eigenvalue weighted by atomic mass is 79.9. The summed E-state index contributed by atoms with van der Waals surface area (Å²) in [4.78, 5) is -0.0359. The summed E-state index contributed by atoms with van der Waals surface area (Å²) < 4.78 is 38.2. The molecule has 0 aliphatic heterocycles.